The van der Waals surface area contributed by atoms with Gasteiger partial charge >= 0.3 is 5.97 Å². The van der Waals surface area contributed by atoms with Gasteiger partial charge in [-0.15, -0.1) is 11.3 Å². The molecule has 0 aliphatic rings. The number of fused-ring (bicyclic) bond motifs is 1. The van der Waals surface area contributed by atoms with Gasteiger partial charge in [0, 0.05) is 13.5 Å². The van der Waals surface area contributed by atoms with E-state index in [-0.39, 0.29) is 6.61 Å². The van der Waals surface area contributed by atoms with Crippen molar-refractivity contribution in [3.8, 4) is 0 Å². The Labute approximate surface area is 136 Å². The minimum atomic E-state index is -0.447. The van der Waals surface area contributed by atoms with Crippen molar-refractivity contribution in [2.24, 2.45) is 7.05 Å². The Kier molecular flexibility index (Phi) is 4.13. The first kappa shape index (κ1) is 15.0. The number of aromatic nitrogens is 3. The Bertz CT molecular complexity index is 808. The third kappa shape index (κ3) is 2.84. The third-order valence-electron chi connectivity index (χ3n) is 3.24. The van der Waals surface area contributed by atoms with Crippen molar-refractivity contribution in [3.63, 3.8) is 0 Å². The van der Waals surface area contributed by atoms with Crippen LogP contribution in [0.25, 0.3) is 10.2 Å². The minimum Gasteiger partial charge on any atom is -0.462 e. The number of nitrogens with zero attached hydrogens (tertiary/aromatic N) is 3. The van der Waals surface area contributed by atoms with Crippen molar-refractivity contribution >= 4 is 39.1 Å². The average molecular weight is 336 g/mol. The van der Waals surface area contributed by atoms with Crippen LogP contribution in [0.1, 0.15) is 21.1 Å². The van der Waals surface area contributed by atoms with E-state index in [1.165, 1.54) is 4.68 Å². The highest BCUT2D eigenvalue weighted by Gasteiger charge is 2.20. The van der Waals surface area contributed by atoms with E-state index in [0.717, 1.165) is 15.2 Å². The van der Waals surface area contributed by atoms with Crippen molar-refractivity contribution in [2.75, 3.05) is 6.61 Å². The van der Waals surface area contributed by atoms with Gasteiger partial charge in [0.2, 0.25) is 0 Å². The lowest BCUT2D eigenvalue weighted by molar-refractivity contribution is 0.0508. The molecular weight excluding hydrogens is 322 g/mol. The van der Waals surface area contributed by atoms with Crippen LogP contribution in [0.4, 0.5) is 0 Å². The van der Waals surface area contributed by atoms with Gasteiger partial charge in [0.25, 0.3) is 0 Å². The van der Waals surface area contributed by atoms with Crippen molar-refractivity contribution in [1.82, 2.24) is 14.8 Å². The minimum absolute atomic E-state index is 0.267. The molecule has 0 aliphatic heterocycles. The lowest BCUT2D eigenvalue weighted by Crippen LogP contribution is -2.09. The highest BCUT2D eigenvalue weighted by atomic mass is 35.5. The number of para-hydroxylation sites is 1. The zero-order valence-corrected chi connectivity index (χ0v) is 13.7. The summed E-state index contributed by atoms with van der Waals surface area (Å²) in [5, 5.41) is 5.34. The number of carbonyl (C=O) groups is 1. The molecule has 0 fully saturated rings. The van der Waals surface area contributed by atoms with Gasteiger partial charge in [0.1, 0.15) is 10.7 Å². The first-order valence-corrected chi connectivity index (χ1v) is 7.96. The van der Waals surface area contributed by atoms with E-state index in [4.69, 9.17) is 16.3 Å². The van der Waals surface area contributed by atoms with Crippen molar-refractivity contribution in [2.45, 2.75) is 13.3 Å². The zero-order valence-electron chi connectivity index (χ0n) is 12.2. The van der Waals surface area contributed by atoms with Gasteiger partial charge < -0.3 is 4.74 Å². The second-order valence-electron chi connectivity index (χ2n) is 4.84. The molecule has 22 heavy (non-hydrogen) atoms. The van der Waals surface area contributed by atoms with E-state index < -0.39 is 5.97 Å². The number of hydrogen-bond acceptors (Lipinski definition) is 5. The number of benzene rings is 1. The number of ether oxygens (including phenoxy) is 1. The number of esters is 1. The summed E-state index contributed by atoms with van der Waals surface area (Å²) >= 11 is 7.66. The fourth-order valence-electron chi connectivity index (χ4n) is 2.19. The monoisotopic (exact) mass is 335 g/mol. The Morgan fingerprint density at radius 1 is 1.41 bits per heavy atom. The van der Waals surface area contributed by atoms with E-state index in [9.17, 15) is 4.79 Å². The average Bonchev–Trinajstić information content (AvgIpc) is 3.00. The Balaban J connectivity index is 1.64. The normalized spacial score (nSPS) is 11.0. The molecule has 0 spiro atoms. The molecule has 3 rings (SSSR count). The largest absolute Gasteiger partial charge is 0.462 e. The molecule has 0 aliphatic carbocycles. The highest BCUT2D eigenvalue weighted by molar-refractivity contribution is 7.18. The molecule has 1 aromatic carbocycles. The predicted octanol–water partition coefficient (Wildman–Crippen LogP) is 3.39. The van der Waals surface area contributed by atoms with E-state index in [2.05, 4.69) is 10.1 Å². The number of thiazole rings is 1. The highest BCUT2D eigenvalue weighted by Crippen LogP contribution is 2.22. The summed E-state index contributed by atoms with van der Waals surface area (Å²) in [5.74, 6) is -0.447. The number of hydrogen-bond donors (Lipinski definition) is 0. The maximum atomic E-state index is 12.1. The molecule has 3 aromatic rings. The van der Waals surface area contributed by atoms with Crippen molar-refractivity contribution < 1.29 is 9.53 Å². The molecule has 0 saturated heterocycles. The third-order valence-corrected chi connectivity index (χ3v) is 4.77. The van der Waals surface area contributed by atoms with E-state index >= 15 is 0 Å². The van der Waals surface area contributed by atoms with E-state index in [0.29, 0.717) is 22.8 Å². The first-order valence-electron chi connectivity index (χ1n) is 6.77. The summed E-state index contributed by atoms with van der Waals surface area (Å²) in [7, 11) is 1.69. The molecule has 0 amide bonds. The molecule has 0 radical (unpaired) electrons. The molecular formula is C15H14ClN3O2S. The van der Waals surface area contributed by atoms with E-state index in [1.54, 1.807) is 25.3 Å². The quantitative estimate of drug-likeness (QED) is 0.686. The summed E-state index contributed by atoms with van der Waals surface area (Å²) in [6, 6.07) is 7.94. The number of halogens is 1. The molecule has 2 heterocycles. The lowest BCUT2D eigenvalue weighted by atomic mass is 10.3. The zero-order chi connectivity index (χ0) is 15.7. The molecule has 0 saturated carbocycles. The lowest BCUT2D eigenvalue weighted by Gasteiger charge is -2.03. The SMILES string of the molecule is Cc1nn(C)c(Cl)c1C(=O)OCCc1nc2ccccc2s1. The van der Waals surface area contributed by atoms with Gasteiger partial charge in [-0.25, -0.2) is 9.78 Å². The molecule has 0 bridgehead atoms. The van der Waals surface area contributed by atoms with E-state index in [1.807, 2.05) is 24.3 Å². The second kappa shape index (κ2) is 6.06. The van der Waals surface area contributed by atoms with Gasteiger partial charge in [-0.2, -0.15) is 5.10 Å². The second-order valence-corrected chi connectivity index (χ2v) is 6.31. The van der Waals surface area contributed by atoms with Crippen LogP contribution in [0.2, 0.25) is 5.15 Å². The summed E-state index contributed by atoms with van der Waals surface area (Å²) in [5.41, 5.74) is 1.87. The molecule has 0 atom stereocenters. The Hall–Kier alpha value is -1.92. The van der Waals surface area contributed by atoms with Crippen LogP contribution in [-0.4, -0.2) is 27.3 Å². The Morgan fingerprint density at radius 3 is 2.86 bits per heavy atom. The Morgan fingerprint density at radius 2 is 2.18 bits per heavy atom. The van der Waals surface area contributed by atoms with Crippen LogP contribution < -0.4 is 0 Å². The molecule has 5 nitrogen and oxygen atoms in total. The summed E-state index contributed by atoms with van der Waals surface area (Å²) in [4.78, 5) is 16.6. The molecule has 0 unspecified atom stereocenters. The van der Waals surface area contributed by atoms with Crippen LogP contribution in [0.15, 0.2) is 24.3 Å². The fourth-order valence-corrected chi connectivity index (χ4v) is 3.39. The van der Waals surface area contributed by atoms with Gasteiger partial charge in [0.15, 0.2) is 0 Å². The number of carbonyl (C=O) groups excluding carboxylic acids is 1. The fraction of sp³-hybridized carbons (Fsp3) is 0.267. The molecule has 2 aromatic heterocycles. The number of aryl methyl sites for hydroxylation is 2. The van der Waals surface area contributed by atoms with Crippen LogP contribution >= 0.6 is 22.9 Å². The van der Waals surface area contributed by atoms with Gasteiger partial charge in [-0.05, 0) is 19.1 Å². The molecule has 0 N–H and O–H groups in total. The first-order chi connectivity index (χ1) is 10.6. The van der Waals surface area contributed by atoms with Crippen LogP contribution in [0.3, 0.4) is 0 Å². The van der Waals surface area contributed by atoms with Crippen LogP contribution in [0, 0.1) is 6.92 Å². The maximum Gasteiger partial charge on any atom is 0.343 e. The summed E-state index contributed by atoms with van der Waals surface area (Å²) in [6.07, 6.45) is 0.585. The predicted molar refractivity (Wildman–Crippen MR) is 86.6 cm³/mol. The molecule has 7 heteroatoms. The standard InChI is InChI=1S/C15H14ClN3O2S/c1-9-13(14(16)19(2)18-9)15(20)21-8-7-12-17-10-5-3-4-6-11(10)22-12/h3-6H,7-8H2,1-2H3. The van der Waals surface area contributed by atoms with Crippen molar-refractivity contribution in [1.29, 1.82) is 0 Å². The van der Waals surface area contributed by atoms with Gasteiger partial charge in [0.05, 0.1) is 27.5 Å². The molecule has 114 valence electrons. The smallest absolute Gasteiger partial charge is 0.343 e. The van der Waals surface area contributed by atoms with Crippen LogP contribution in [0.5, 0.6) is 0 Å². The summed E-state index contributed by atoms with van der Waals surface area (Å²) in [6.45, 7) is 2.00. The van der Waals surface area contributed by atoms with Crippen molar-refractivity contribution in [3.05, 3.63) is 45.7 Å². The summed E-state index contributed by atoms with van der Waals surface area (Å²) < 4.78 is 7.89. The van der Waals surface area contributed by atoms with Crippen LogP contribution in [-0.2, 0) is 18.2 Å². The maximum absolute atomic E-state index is 12.1. The topological polar surface area (TPSA) is 57.0 Å². The number of rotatable bonds is 4. The van der Waals surface area contributed by atoms with Gasteiger partial charge in [-0.1, -0.05) is 23.7 Å². The van der Waals surface area contributed by atoms with Gasteiger partial charge in [-0.3, -0.25) is 4.68 Å².